The van der Waals surface area contributed by atoms with Crippen molar-refractivity contribution in [2.24, 2.45) is 0 Å². The van der Waals surface area contributed by atoms with Gasteiger partial charge in [-0.2, -0.15) is 0 Å². The van der Waals surface area contributed by atoms with Gasteiger partial charge in [0.15, 0.2) is 0 Å². The maximum Gasteiger partial charge on any atom is 0.147 e. The standard InChI is InChI=1S/C9H14N4/c1-12-4-5-13-8(6-12)10-11-9(13)7-2-3-7/h7H,2-6H2,1H3. The quantitative estimate of drug-likeness (QED) is 0.631. The zero-order valence-corrected chi connectivity index (χ0v) is 7.90. The topological polar surface area (TPSA) is 34.0 Å². The van der Waals surface area contributed by atoms with E-state index in [1.54, 1.807) is 0 Å². The van der Waals surface area contributed by atoms with E-state index in [-0.39, 0.29) is 0 Å². The van der Waals surface area contributed by atoms with Crippen LogP contribution in [0.5, 0.6) is 0 Å². The second-order valence-corrected chi connectivity index (χ2v) is 4.14. The van der Waals surface area contributed by atoms with E-state index in [2.05, 4.69) is 26.7 Å². The molecule has 4 nitrogen and oxygen atoms in total. The van der Waals surface area contributed by atoms with E-state index in [1.165, 1.54) is 18.7 Å². The van der Waals surface area contributed by atoms with Crippen LogP contribution in [0, 0.1) is 0 Å². The van der Waals surface area contributed by atoms with E-state index in [4.69, 9.17) is 0 Å². The summed E-state index contributed by atoms with van der Waals surface area (Å²) in [5, 5.41) is 8.52. The molecule has 2 heterocycles. The molecule has 1 fully saturated rings. The maximum atomic E-state index is 4.28. The van der Waals surface area contributed by atoms with Gasteiger partial charge in [-0.1, -0.05) is 0 Å². The van der Waals surface area contributed by atoms with Crippen molar-refractivity contribution in [1.29, 1.82) is 0 Å². The Bertz CT molecular complexity index is 326. The summed E-state index contributed by atoms with van der Waals surface area (Å²) in [7, 11) is 2.13. The number of nitrogens with zero attached hydrogens (tertiary/aromatic N) is 4. The van der Waals surface area contributed by atoms with Gasteiger partial charge in [0.05, 0.1) is 6.54 Å². The summed E-state index contributed by atoms with van der Waals surface area (Å²) >= 11 is 0. The summed E-state index contributed by atoms with van der Waals surface area (Å²) in [6.07, 6.45) is 2.63. The molecule has 0 saturated heterocycles. The Morgan fingerprint density at radius 2 is 2.08 bits per heavy atom. The van der Waals surface area contributed by atoms with Gasteiger partial charge < -0.3 is 4.57 Å². The molecule has 0 N–H and O–H groups in total. The summed E-state index contributed by atoms with van der Waals surface area (Å²) in [6, 6.07) is 0. The highest BCUT2D eigenvalue weighted by Crippen LogP contribution is 2.39. The van der Waals surface area contributed by atoms with E-state index in [0.717, 1.165) is 31.4 Å². The van der Waals surface area contributed by atoms with Gasteiger partial charge in [0, 0.05) is 19.0 Å². The third kappa shape index (κ3) is 1.16. The molecule has 2 aliphatic rings. The molecule has 1 aromatic rings. The van der Waals surface area contributed by atoms with Crippen LogP contribution in [0.1, 0.15) is 30.4 Å². The molecular formula is C9H14N4. The molecule has 1 saturated carbocycles. The highest BCUT2D eigenvalue weighted by atomic mass is 15.3. The van der Waals surface area contributed by atoms with Gasteiger partial charge in [0.1, 0.15) is 11.6 Å². The van der Waals surface area contributed by atoms with Crippen LogP contribution >= 0.6 is 0 Å². The summed E-state index contributed by atoms with van der Waals surface area (Å²) in [5.41, 5.74) is 0. The first kappa shape index (κ1) is 7.50. The van der Waals surface area contributed by atoms with Gasteiger partial charge in [0.2, 0.25) is 0 Å². The fraction of sp³-hybridized carbons (Fsp3) is 0.778. The lowest BCUT2D eigenvalue weighted by Crippen LogP contribution is -2.31. The lowest BCUT2D eigenvalue weighted by Gasteiger charge is -2.23. The average Bonchev–Trinajstić information content (AvgIpc) is 2.87. The van der Waals surface area contributed by atoms with Crippen molar-refractivity contribution in [3.63, 3.8) is 0 Å². The van der Waals surface area contributed by atoms with Crippen LogP contribution < -0.4 is 0 Å². The first-order valence-electron chi connectivity index (χ1n) is 4.95. The number of aromatic nitrogens is 3. The van der Waals surface area contributed by atoms with Gasteiger partial charge in [-0.15, -0.1) is 10.2 Å². The van der Waals surface area contributed by atoms with E-state index in [0.29, 0.717) is 0 Å². The summed E-state index contributed by atoms with van der Waals surface area (Å²) in [5.74, 6) is 3.11. The molecule has 0 bridgehead atoms. The van der Waals surface area contributed by atoms with Crippen molar-refractivity contribution >= 4 is 0 Å². The molecule has 13 heavy (non-hydrogen) atoms. The van der Waals surface area contributed by atoms with Crippen molar-refractivity contribution < 1.29 is 0 Å². The number of hydrogen-bond acceptors (Lipinski definition) is 3. The van der Waals surface area contributed by atoms with Crippen molar-refractivity contribution in [2.75, 3.05) is 13.6 Å². The Balaban J connectivity index is 1.97. The predicted molar refractivity (Wildman–Crippen MR) is 48.3 cm³/mol. The molecule has 0 unspecified atom stereocenters. The van der Waals surface area contributed by atoms with Gasteiger partial charge in [-0.05, 0) is 19.9 Å². The van der Waals surface area contributed by atoms with Crippen LogP contribution in [-0.2, 0) is 13.1 Å². The Morgan fingerprint density at radius 1 is 1.23 bits per heavy atom. The van der Waals surface area contributed by atoms with Crippen LogP contribution in [0.4, 0.5) is 0 Å². The van der Waals surface area contributed by atoms with E-state index < -0.39 is 0 Å². The van der Waals surface area contributed by atoms with Crippen LogP contribution in [-0.4, -0.2) is 33.3 Å². The number of hydrogen-bond donors (Lipinski definition) is 0. The van der Waals surface area contributed by atoms with Crippen molar-refractivity contribution in [3.8, 4) is 0 Å². The summed E-state index contributed by atoms with van der Waals surface area (Å²) in [4.78, 5) is 2.29. The molecule has 3 rings (SSSR count). The predicted octanol–water partition coefficient (Wildman–Crippen LogP) is 0.601. The van der Waals surface area contributed by atoms with Crippen LogP contribution in [0.15, 0.2) is 0 Å². The number of fused-ring (bicyclic) bond motifs is 1. The molecule has 0 spiro atoms. The molecule has 0 radical (unpaired) electrons. The molecule has 0 atom stereocenters. The van der Waals surface area contributed by atoms with Crippen molar-refractivity contribution in [2.45, 2.75) is 31.8 Å². The van der Waals surface area contributed by atoms with Gasteiger partial charge >= 0.3 is 0 Å². The molecule has 70 valence electrons. The zero-order valence-electron chi connectivity index (χ0n) is 7.90. The molecule has 0 amide bonds. The molecule has 1 aliphatic carbocycles. The number of rotatable bonds is 1. The minimum absolute atomic E-state index is 0.727. The highest BCUT2D eigenvalue weighted by molar-refractivity contribution is 5.09. The normalized spacial score (nSPS) is 23.2. The first-order valence-corrected chi connectivity index (χ1v) is 4.95. The van der Waals surface area contributed by atoms with E-state index in [9.17, 15) is 0 Å². The molecular weight excluding hydrogens is 164 g/mol. The average molecular weight is 178 g/mol. The van der Waals surface area contributed by atoms with Gasteiger partial charge in [-0.3, -0.25) is 4.90 Å². The molecule has 1 aromatic heterocycles. The van der Waals surface area contributed by atoms with Crippen molar-refractivity contribution in [1.82, 2.24) is 19.7 Å². The Labute approximate surface area is 77.6 Å². The van der Waals surface area contributed by atoms with E-state index >= 15 is 0 Å². The number of likely N-dealkylation sites (N-methyl/N-ethyl adjacent to an activating group) is 1. The second-order valence-electron chi connectivity index (χ2n) is 4.14. The highest BCUT2D eigenvalue weighted by Gasteiger charge is 2.31. The largest absolute Gasteiger partial charge is 0.312 e. The third-order valence-corrected chi connectivity index (χ3v) is 2.92. The smallest absolute Gasteiger partial charge is 0.147 e. The SMILES string of the molecule is CN1CCn2c(nnc2C2CC2)C1. The summed E-state index contributed by atoms with van der Waals surface area (Å²) < 4.78 is 2.32. The first-order chi connectivity index (χ1) is 6.34. The maximum absolute atomic E-state index is 4.28. The third-order valence-electron chi connectivity index (χ3n) is 2.92. The van der Waals surface area contributed by atoms with Crippen molar-refractivity contribution in [3.05, 3.63) is 11.6 Å². The van der Waals surface area contributed by atoms with Gasteiger partial charge in [0.25, 0.3) is 0 Å². The van der Waals surface area contributed by atoms with Gasteiger partial charge in [-0.25, -0.2) is 0 Å². The molecule has 0 aromatic carbocycles. The lowest BCUT2D eigenvalue weighted by molar-refractivity contribution is 0.262. The lowest BCUT2D eigenvalue weighted by atomic mass is 10.3. The van der Waals surface area contributed by atoms with Crippen LogP contribution in [0.3, 0.4) is 0 Å². The zero-order chi connectivity index (χ0) is 8.84. The Kier molecular flexibility index (Phi) is 1.47. The second kappa shape index (κ2) is 2.54. The minimum atomic E-state index is 0.727. The van der Waals surface area contributed by atoms with E-state index in [1.807, 2.05) is 0 Å². The Hall–Kier alpha value is -0.900. The summed E-state index contributed by atoms with van der Waals surface area (Å²) in [6.45, 7) is 3.16. The van der Waals surface area contributed by atoms with Crippen LogP contribution in [0.2, 0.25) is 0 Å². The fourth-order valence-corrected chi connectivity index (χ4v) is 1.94. The molecule has 1 aliphatic heterocycles. The fourth-order valence-electron chi connectivity index (χ4n) is 1.94. The monoisotopic (exact) mass is 178 g/mol. The molecule has 4 heteroatoms. The van der Waals surface area contributed by atoms with Crippen LogP contribution in [0.25, 0.3) is 0 Å². The Morgan fingerprint density at radius 3 is 2.85 bits per heavy atom. The minimum Gasteiger partial charge on any atom is -0.312 e.